The number of benzene rings is 1. The van der Waals surface area contributed by atoms with Gasteiger partial charge in [0, 0.05) is 26.2 Å². The van der Waals surface area contributed by atoms with Crippen molar-refractivity contribution in [2.75, 3.05) is 39.8 Å². The summed E-state index contributed by atoms with van der Waals surface area (Å²) in [5.74, 6) is 0.410. The summed E-state index contributed by atoms with van der Waals surface area (Å²) < 4.78 is 0.926. The maximum Gasteiger partial charge on any atom is 0.129 e. The average molecular weight is 360 g/mol. The van der Waals surface area contributed by atoms with Crippen LogP contribution in [0.5, 0.6) is 5.75 Å². The average Bonchev–Trinajstić information content (AvgIpc) is 2.36. The van der Waals surface area contributed by atoms with Crippen molar-refractivity contribution < 1.29 is 5.11 Å². The second kappa shape index (κ2) is 6.73. The minimum absolute atomic E-state index is 0.410. The lowest BCUT2D eigenvalue weighted by Gasteiger charge is -2.32. The third-order valence-corrected chi connectivity index (χ3v) is 4.46. The zero-order valence-electron chi connectivity index (χ0n) is 10.9. The third-order valence-electron chi connectivity index (χ3n) is 3.55. The highest BCUT2D eigenvalue weighted by Gasteiger charge is 2.12. The number of phenols is 1. The minimum atomic E-state index is 0.410. The summed E-state index contributed by atoms with van der Waals surface area (Å²) >= 11 is 2.15. The van der Waals surface area contributed by atoms with E-state index in [0.717, 1.165) is 9.99 Å². The monoisotopic (exact) mass is 360 g/mol. The molecule has 3 nitrogen and oxygen atoms in total. The van der Waals surface area contributed by atoms with Gasteiger partial charge in [-0.25, -0.2) is 0 Å². The lowest BCUT2D eigenvalue weighted by Crippen LogP contribution is -2.44. The smallest absolute Gasteiger partial charge is 0.129 e. The number of halogens is 1. The molecule has 1 aromatic carbocycles. The topological polar surface area (TPSA) is 26.7 Å². The van der Waals surface area contributed by atoms with Crippen LogP contribution in [0.3, 0.4) is 0 Å². The molecule has 18 heavy (non-hydrogen) atoms. The molecule has 0 unspecified atom stereocenters. The van der Waals surface area contributed by atoms with Gasteiger partial charge in [-0.05, 0) is 66.7 Å². The predicted octanol–water partition coefficient (Wildman–Crippen LogP) is 2.18. The number of piperazine rings is 1. The Bertz CT molecular complexity index is 389. The molecule has 1 fully saturated rings. The minimum Gasteiger partial charge on any atom is -0.507 e. The fourth-order valence-corrected chi connectivity index (χ4v) is 2.63. The van der Waals surface area contributed by atoms with E-state index in [0.29, 0.717) is 5.75 Å². The predicted molar refractivity (Wildman–Crippen MR) is 83.1 cm³/mol. The Balaban J connectivity index is 1.73. The van der Waals surface area contributed by atoms with E-state index in [2.05, 4.69) is 45.5 Å². The van der Waals surface area contributed by atoms with Crippen molar-refractivity contribution in [3.63, 3.8) is 0 Å². The van der Waals surface area contributed by atoms with Crippen molar-refractivity contribution in [1.29, 1.82) is 0 Å². The number of likely N-dealkylation sites (N-methyl/N-ethyl adjacent to an activating group) is 1. The van der Waals surface area contributed by atoms with Gasteiger partial charge in [-0.15, -0.1) is 0 Å². The number of hydrogen-bond donors (Lipinski definition) is 1. The van der Waals surface area contributed by atoms with E-state index < -0.39 is 0 Å². The molecule has 0 amide bonds. The first-order chi connectivity index (χ1) is 8.65. The zero-order chi connectivity index (χ0) is 13.0. The molecular weight excluding hydrogens is 339 g/mol. The third kappa shape index (κ3) is 4.10. The van der Waals surface area contributed by atoms with Gasteiger partial charge < -0.3 is 14.9 Å². The van der Waals surface area contributed by atoms with Gasteiger partial charge >= 0.3 is 0 Å². The van der Waals surface area contributed by atoms with Crippen LogP contribution >= 0.6 is 22.6 Å². The summed E-state index contributed by atoms with van der Waals surface area (Å²) in [6.07, 6.45) is 2.22. The fraction of sp³-hybridized carbons (Fsp3) is 0.571. The van der Waals surface area contributed by atoms with Gasteiger partial charge in [0.15, 0.2) is 0 Å². The van der Waals surface area contributed by atoms with Gasteiger partial charge in [0.25, 0.3) is 0 Å². The Hall–Kier alpha value is -0.330. The number of rotatable bonds is 4. The first-order valence-corrected chi connectivity index (χ1v) is 7.61. The van der Waals surface area contributed by atoms with Gasteiger partial charge in [0.2, 0.25) is 0 Å². The van der Waals surface area contributed by atoms with Crippen LogP contribution in [0, 0.1) is 3.57 Å². The molecule has 0 radical (unpaired) electrons. The van der Waals surface area contributed by atoms with Crippen molar-refractivity contribution in [1.82, 2.24) is 9.80 Å². The van der Waals surface area contributed by atoms with Crippen molar-refractivity contribution >= 4 is 22.6 Å². The Labute approximate surface area is 123 Å². The molecule has 4 heteroatoms. The summed E-state index contributed by atoms with van der Waals surface area (Å²) in [4.78, 5) is 4.92. The van der Waals surface area contributed by atoms with E-state index in [9.17, 15) is 5.11 Å². The molecule has 100 valence electrons. The molecule has 0 aromatic heterocycles. The van der Waals surface area contributed by atoms with E-state index in [1.54, 1.807) is 0 Å². The molecule has 2 rings (SSSR count). The molecule has 1 saturated heterocycles. The summed E-state index contributed by atoms with van der Waals surface area (Å²) in [6.45, 7) is 5.91. The van der Waals surface area contributed by atoms with Crippen molar-refractivity contribution in [3.05, 3.63) is 27.3 Å². The van der Waals surface area contributed by atoms with Crippen molar-refractivity contribution in [2.45, 2.75) is 12.8 Å². The molecule has 0 atom stereocenters. The number of hydrogen-bond acceptors (Lipinski definition) is 3. The maximum atomic E-state index is 9.65. The lowest BCUT2D eigenvalue weighted by atomic mass is 10.1. The number of nitrogens with zero attached hydrogens (tertiary/aromatic N) is 2. The lowest BCUT2D eigenvalue weighted by molar-refractivity contribution is 0.153. The van der Waals surface area contributed by atoms with Crippen molar-refractivity contribution in [2.24, 2.45) is 0 Å². The quantitative estimate of drug-likeness (QED) is 0.834. The summed E-state index contributed by atoms with van der Waals surface area (Å²) in [5, 5.41) is 9.65. The van der Waals surface area contributed by atoms with Crippen LogP contribution < -0.4 is 0 Å². The standard InChI is InChI=1S/C14H21IN2O/c1-16-7-9-17(10-8-16)6-2-3-12-4-5-13(15)14(18)11-12/h4-5,11,18H,2-3,6-10H2,1H3. The Morgan fingerprint density at radius 3 is 2.61 bits per heavy atom. The number of aromatic hydroxyl groups is 1. The highest BCUT2D eigenvalue weighted by atomic mass is 127. The van der Waals surface area contributed by atoms with Crippen LogP contribution in [0.4, 0.5) is 0 Å². The molecule has 1 aromatic rings. The molecule has 0 bridgehead atoms. The van der Waals surface area contributed by atoms with E-state index in [-0.39, 0.29) is 0 Å². The number of phenolic OH excluding ortho intramolecular Hbond substituents is 1. The van der Waals surface area contributed by atoms with Gasteiger partial charge in [0.1, 0.15) is 5.75 Å². The van der Waals surface area contributed by atoms with Gasteiger partial charge in [-0.2, -0.15) is 0 Å². The first kappa shape index (κ1) is 14.1. The second-order valence-corrected chi connectivity index (χ2v) is 6.20. The van der Waals surface area contributed by atoms with E-state index >= 15 is 0 Å². The van der Waals surface area contributed by atoms with E-state index in [1.807, 2.05) is 12.1 Å². The summed E-state index contributed by atoms with van der Waals surface area (Å²) in [7, 11) is 2.19. The Kier molecular flexibility index (Phi) is 5.26. The molecule has 1 aliphatic rings. The fourth-order valence-electron chi connectivity index (χ4n) is 2.29. The Morgan fingerprint density at radius 2 is 1.94 bits per heavy atom. The van der Waals surface area contributed by atoms with Gasteiger partial charge in [-0.1, -0.05) is 6.07 Å². The van der Waals surface area contributed by atoms with Crippen molar-refractivity contribution in [3.8, 4) is 5.75 Å². The van der Waals surface area contributed by atoms with Gasteiger partial charge in [0.05, 0.1) is 3.57 Å². The first-order valence-electron chi connectivity index (χ1n) is 6.53. The normalized spacial score (nSPS) is 18.1. The van der Waals surface area contributed by atoms with Crippen LogP contribution in [-0.4, -0.2) is 54.7 Å². The summed E-state index contributed by atoms with van der Waals surface area (Å²) in [6, 6.07) is 6.00. The van der Waals surface area contributed by atoms with Crippen LogP contribution in [0.2, 0.25) is 0 Å². The molecule has 1 heterocycles. The highest BCUT2D eigenvalue weighted by molar-refractivity contribution is 14.1. The molecule has 0 saturated carbocycles. The van der Waals surface area contributed by atoms with E-state index in [1.165, 1.54) is 44.7 Å². The zero-order valence-corrected chi connectivity index (χ0v) is 13.1. The molecule has 0 aliphatic carbocycles. The highest BCUT2D eigenvalue weighted by Crippen LogP contribution is 2.21. The van der Waals surface area contributed by atoms with Crippen LogP contribution in [0.25, 0.3) is 0 Å². The summed E-state index contributed by atoms with van der Waals surface area (Å²) in [5.41, 5.74) is 1.24. The van der Waals surface area contributed by atoms with Crippen LogP contribution in [0.15, 0.2) is 18.2 Å². The van der Waals surface area contributed by atoms with Crippen LogP contribution in [-0.2, 0) is 6.42 Å². The molecule has 1 aliphatic heterocycles. The van der Waals surface area contributed by atoms with Gasteiger partial charge in [-0.3, -0.25) is 0 Å². The number of aryl methyl sites for hydroxylation is 1. The van der Waals surface area contributed by atoms with Crippen LogP contribution in [0.1, 0.15) is 12.0 Å². The SMILES string of the molecule is CN1CCN(CCCc2ccc(I)c(O)c2)CC1. The molecule has 1 N–H and O–H groups in total. The molecule has 0 spiro atoms. The largest absolute Gasteiger partial charge is 0.507 e. The second-order valence-electron chi connectivity index (χ2n) is 5.03. The van der Waals surface area contributed by atoms with E-state index in [4.69, 9.17) is 0 Å². The maximum absolute atomic E-state index is 9.65. The Morgan fingerprint density at radius 1 is 1.22 bits per heavy atom. The molecular formula is C14H21IN2O.